The number of nitrogens with one attached hydrogen (secondary N) is 1. The minimum absolute atomic E-state index is 0.0927. The monoisotopic (exact) mass is 348 g/mol. The van der Waals surface area contributed by atoms with Crippen molar-refractivity contribution in [2.45, 2.75) is 17.9 Å². The molecule has 0 fully saturated rings. The quantitative estimate of drug-likeness (QED) is 0.773. The van der Waals surface area contributed by atoms with Crippen LogP contribution in [0.5, 0.6) is 0 Å². The predicted octanol–water partition coefficient (Wildman–Crippen LogP) is 3.19. The van der Waals surface area contributed by atoms with Crippen LogP contribution in [-0.2, 0) is 23.0 Å². The number of nitrogens with zero attached hydrogens (tertiary/aromatic N) is 1. The summed E-state index contributed by atoms with van der Waals surface area (Å²) in [6, 6.07) is 10.7. The molecule has 7 heteroatoms. The van der Waals surface area contributed by atoms with Crippen LogP contribution in [0.2, 0.25) is 0 Å². The molecular formula is C17H14F2N2O2S. The number of H-pyrrole nitrogens is 1. The number of benzene rings is 2. The van der Waals surface area contributed by atoms with Gasteiger partial charge in [0.25, 0.3) is 0 Å². The maximum atomic E-state index is 13.9. The van der Waals surface area contributed by atoms with Crippen LogP contribution in [-0.4, -0.2) is 24.3 Å². The van der Waals surface area contributed by atoms with E-state index in [1.165, 1.54) is 0 Å². The summed E-state index contributed by atoms with van der Waals surface area (Å²) in [7, 11) is -4.24. The molecule has 0 aliphatic carbocycles. The Morgan fingerprint density at radius 3 is 2.46 bits per heavy atom. The van der Waals surface area contributed by atoms with Gasteiger partial charge >= 0.3 is 0 Å². The molecule has 24 heavy (non-hydrogen) atoms. The smallest absolute Gasteiger partial charge is 0.249 e. The fourth-order valence-corrected chi connectivity index (χ4v) is 4.72. The van der Waals surface area contributed by atoms with E-state index in [9.17, 15) is 17.2 Å². The van der Waals surface area contributed by atoms with Gasteiger partial charge in [0.1, 0.15) is 11.6 Å². The lowest BCUT2D eigenvalue weighted by atomic mass is 10.1. The molecule has 0 saturated carbocycles. The number of hydrogen-bond acceptors (Lipinski definition) is 2. The van der Waals surface area contributed by atoms with Crippen molar-refractivity contribution in [1.29, 1.82) is 0 Å². The van der Waals surface area contributed by atoms with E-state index < -0.39 is 26.6 Å². The topological polar surface area (TPSA) is 53.2 Å². The van der Waals surface area contributed by atoms with E-state index in [1.54, 1.807) is 0 Å². The first-order chi connectivity index (χ1) is 11.5. The summed E-state index contributed by atoms with van der Waals surface area (Å²) in [4.78, 5) is 2.40. The van der Waals surface area contributed by atoms with Gasteiger partial charge in [-0.05, 0) is 23.8 Å². The molecule has 1 N–H and O–H groups in total. The van der Waals surface area contributed by atoms with Crippen molar-refractivity contribution in [1.82, 2.24) is 9.29 Å². The Morgan fingerprint density at radius 1 is 1.00 bits per heavy atom. The number of aromatic amines is 1. The van der Waals surface area contributed by atoms with Gasteiger partial charge in [0.05, 0.1) is 0 Å². The summed E-state index contributed by atoms with van der Waals surface area (Å²) in [5.41, 5.74) is 2.76. The largest absolute Gasteiger partial charge is 0.358 e. The maximum Gasteiger partial charge on any atom is 0.249 e. The zero-order valence-corrected chi connectivity index (χ0v) is 13.4. The molecule has 0 radical (unpaired) electrons. The van der Waals surface area contributed by atoms with Crippen molar-refractivity contribution in [2.75, 3.05) is 6.54 Å². The number of rotatable bonds is 2. The van der Waals surface area contributed by atoms with Crippen molar-refractivity contribution in [3.8, 4) is 0 Å². The van der Waals surface area contributed by atoms with E-state index in [-0.39, 0.29) is 13.1 Å². The summed E-state index contributed by atoms with van der Waals surface area (Å²) < 4.78 is 54.5. The summed E-state index contributed by atoms with van der Waals surface area (Å²) in [5, 5.41) is 0.932. The predicted molar refractivity (Wildman–Crippen MR) is 86.0 cm³/mol. The first-order valence-corrected chi connectivity index (χ1v) is 8.95. The molecule has 1 aliphatic rings. The Bertz CT molecular complexity index is 1020. The minimum Gasteiger partial charge on any atom is -0.358 e. The van der Waals surface area contributed by atoms with Gasteiger partial charge < -0.3 is 4.98 Å². The molecule has 0 saturated heterocycles. The summed E-state index contributed by atoms with van der Waals surface area (Å²) in [6.07, 6.45) is 0.472. The van der Waals surface area contributed by atoms with Gasteiger partial charge in [-0.25, -0.2) is 17.2 Å². The molecule has 3 aromatic rings. The van der Waals surface area contributed by atoms with E-state index >= 15 is 0 Å². The summed E-state index contributed by atoms with van der Waals surface area (Å²) in [5.74, 6) is -2.14. The van der Waals surface area contributed by atoms with Gasteiger partial charge in [0.15, 0.2) is 4.90 Å². The molecular weight excluding hydrogens is 334 g/mol. The standard InChI is InChI=1S/C17H14F2N2O2S/c18-13-5-3-6-14(19)17(13)24(22,23)21-9-8-16-12(10-21)11-4-1-2-7-15(11)20-16/h1-7,20H,8-10H2. The fraction of sp³-hybridized carbons (Fsp3) is 0.176. The second kappa shape index (κ2) is 5.39. The Morgan fingerprint density at radius 2 is 1.71 bits per heavy atom. The van der Waals surface area contributed by atoms with Crippen LogP contribution in [0.3, 0.4) is 0 Å². The Balaban J connectivity index is 1.79. The molecule has 0 unspecified atom stereocenters. The SMILES string of the molecule is O=S(=O)(c1c(F)cccc1F)N1CCc2[nH]c3ccccc3c2C1. The highest BCUT2D eigenvalue weighted by Crippen LogP contribution is 2.31. The molecule has 2 heterocycles. The number of halogens is 2. The average Bonchev–Trinajstić information content (AvgIpc) is 2.92. The lowest BCUT2D eigenvalue weighted by molar-refractivity contribution is 0.384. The Labute approximate surface area is 137 Å². The van der Waals surface area contributed by atoms with E-state index in [1.807, 2.05) is 24.3 Å². The molecule has 1 aliphatic heterocycles. The van der Waals surface area contributed by atoms with Crippen LogP contribution in [0, 0.1) is 11.6 Å². The number of aromatic nitrogens is 1. The third-order valence-corrected chi connectivity index (χ3v) is 6.26. The van der Waals surface area contributed by atoms with Crippen LogP contribution in [0.15, 0.2) is 47.4 Å². The van der Waals surface area contributed by atoms with Gasteiger partial charge in [0, 0.05) is 36.1 Å². The van der Waals surface area contributed by atoms with Crippen LogP contribution in [0.25, 0.3) is 10.9 Å². The highest BCUT2D eigenvalue weighted by Gasteiger charge is 2.34. The molecule has 0 spiro atoms. The Hall–Kier alpha value is -2.25. The summed E-state index contributed by atoms with van der Waals surface area (Å²) >= 11 is 0. The van der Waals surface area contributed by atoms with Gasteiger partial charge in [-0.15, -0.1) is 0 Å². The van der Waals surface area contributed by atoms with E-state index in [0.717, 1.165) is 44.7 Å². The van der Waals surface area contributed by atoms with Gasteiger partial charge in [-0.1, -0.05) is 24.3 Å². The highest BCUT2D eigenvalue weighted by atomic mass is 32.2. The molecule has 2 aromatic carbocycles. The first kappa shape index (κ1) is 15.3. The van der Waals surface area contributed by atoms with E-state index in [4.69, 9.17) is 0 Å². The van der Waals surface area contributed by atoms with Crippen molar-refractivity contribution in [3.05, 3.63) is 65.4 Å². The van der Waals surface area contributed by atoms with Gasteiger partial charge in [-0.2, -0.15) is 4.31 Å². The van der Waals surface area contributed by atoms with Crippen LogP contribution < -0.4 is 0 Å². The number of fused-ring (bicyclic) bond motifs is 3. The number of hydrogen-bond donors (Lipinski definition) is 1. The van der Waals surface area contributed by atoms with Gasteiger partial charge in [0.2, 0.25) is 10.0 Å². The molecule has 0 bridgehead atoms. The first-order valence-electron chi connectivity index (χ1n) is 7.51. The molecule has 124 valence electrons. The van der Waals surface area contributed by atoms with E-state index in [0.29, 0.717) is 6.42 Å². The number of para-hydroxylation sites is 1. The van der Waals surface area contributed by atoms with Crippen LogP contribution in [0.1, 0.15) is 11.3 Å². The normalized spacial score (nSPS) is 15.6. The van der Waals surface area contributed by atoms with Gasteiger partial charge in [-0.3, -0.25) is 0 Å². The van der Waals surface area contributed by atoms with Crippen LogP contribution in [0.4, 0.5) is 8.78 Å². The molecule has 1 aromatic heterocycles. The fourth-order valence-electron chi connectivity index (χ4n) is 3.20. The Kier molecular flexibility index (Phi) is 3.43. The molecule has 4 nitrogen and oxygen atoms in total. The second-order valence-corrected chi connectivity index (χ2v) is 7.64. The zero-order chi connectivity index (χ0) is 16.9. The van der Waals surface area contributed by atoms with Crippen molar-refractivity contribution in [3.63, 3.8) is 0 Å². The number of sulfonamides is 1. The lowest BCUT2D eigenvalue weighted by Crippen LogP contribution is -2.36. The van der Waals surface area contributed by atoms with Crippen molar-refractivity contribution in [2.24, 2.45) is 0 Å². The third kappa shape index (κ3) is 2.23. The second-order valence-electron chi connectivity index (χ2n) is 5.77. The highest BCUT2D eigenvalue weighted by molar-refractivity contribution is 7.89. The third-order valence-electron chi connectivity index (χ3n) is 4.36. The molecule has 0 atom stereocenters. The lowest BCUT2D eigenvalue weighted by Gasteiger charge is -2.26. The minimum atomic E-state index is -4.24. The zero-order valence-electron chi connectivity index (χ0n) is 12.6. The maximum absolute atomic E-state index is 13.9. The summed E-state index contributed by atoms with van der Waals surface area (Å²) in [6.45, 7) is 0.269. The van der Waals surface area contributed by atoms with Crippen molar-refractivity contribution < 1.29 is 17.2 Å². The molecule has 4 rings (SSSR count). The van der Waals surface area contributed by atoms with E-state index in [2.05, 4.69) is 4.98 Å². The molecule has 0 amide bonds. The van der Waals surface area contributed by atoms with Crippen LogP contribution >= 0.6 is 0 Å². The average molecular weight is 348 g/mol. The van der Waals surface area contributed by atoms with Crippen molar-refractivity contribution >= 4 is 20.9 Å².